The van der Waals surface area contributed by atoms with Crippen molar-refractivity contribution >= 4 is 56.5 Å². The number of aromatic nitrogens is 4. The first-order valence-corrected chi connectivity index (χ1v) is 15.0. The molecule has 2 N–H and O–H groups in total. The van der Waals surface area contributed by atoms with E-state index in [9.17, 15) is 9.59 Å². The molecule has 2 heterocycles. The number of tetrazole rings is 1. The Morgan fingerprint density at radius 1 is 1.00 bits per heavy atom. The van der Waals surface area contributed by atoms with Crippen LogP contribution in [0.2, 0.25) is 5.02 Å². The molecule has 208 valence electrons. The van der Waals surface area contributed by atoms with E-state index in [4.69, 9.17) is 11.6 Å². The number of anilines is 2. The van der Waals surface area contributed by atoms with Crippen molar-refractivity contribution in [3.8, 4) is 0 Å². The predicted molar refractivity (Wildman–Crippen MR) is 163 cm³/mol. The number of carbonyl (C=O) groups excluding carboxylic acids is 2. The van der Waals surface area contributed by atoms with E-state index in [1.165, 1.54) is 37.7 Å². The zero-order valence-corrected chi connectivity index (χ0v) is 23.9. The fourth-order valence-electron chi connectivity index (χ4n) is 5.47. The molecular weight excluding hydrogens is 556 g/mol. The summed E-state index contributed by atoms with van der Waals surface area (Å²) in [6.07, 6.45) is 6.58. The van der Waals surface area contributed by atoms with E-state index in [0.717, 1.165) is 26.9 Å². The number of H-pyrrole nitrogens is 1. The van der Waals surface area contributed by atoms with E-state index < -0.39 is 0 Å². The van der Waals surface area contributed by atoms with Crippen molar-refractivity contribution in [1.82, 2.24) is 20.6 Å². The van der Waals surface area contributed by atoms with Crippen LogP contribution in [0, 0.1) is 0 Å². The van der Waals surface area contributed by atoms with E-state index in [-0.39, 0.29) is 24.2 Å². The molecule has 0 atom stereocenters. The van der Waals surface area contributed by atoms with Crippen molar-refractivity contribution in [1.29, 1.82) is 0 Å². The second-order valence-corrected chi connectivity index (χ2v) is 11.7. The summed E-state index contributed by atoms with van der Waals surface area (Å²) in [6.45, 7) is 0.372. The van der Waals surface area contributed by atoms with E-state index >= 15 is 0 Å². The Kier molecular flexibility index (Phi) is 8.07. The molecule has 0 unspecified atom stereocenters. The van der Waals surface area contributed by atoms with Gasteiger partial charge in [0.25, 0.3) is 11.9 Å². The standard InChI is InChI=1S/C31H29ClN6O2S/c32-25-12-15-28-27(17-25)24(19-41-28)16-29(39)38(26-13-10-22(11-14-26)21-4-2-1-3-5-21)18-20-6-8-23(9-7-20)30(40)33-31-34-36-37-35-31/h6-15,17,19,21H,1-5,16,18H2,(H2,33,34,35,36,37,40). The molecule has 1 fully saturated rings. The van der Waals surface area contributed by atoms with Gasteiger partial charge in [0.2, 0.25) is 5.91 Å². The van der Waals surface area contributed by atoms with Crippen molar-refractivity contribution < 1.29 is 9.59 Å². The molecule has 2 amide bonds. The Labute approximate surface area is 246 Å². The van der Waals surface area contributed by atoms with Crippen molar-refractivity contribution in [2.45, 2.75) is 51.0 Å². The van der Waals surface area contributed by atoms with Gasteiger partial charge >= 0.3 is 0 Å². The smallest absolute Gasteiger partial charge is 0.270 e. The van der Waals surface area contributed by atoms with Crippen LogP contribution in [0.1, 0.15) is 65.1 Å². The summed E-state index contributed by atoms with van der Waals surface area (Å²) in [5.41, 5.74) is 4.52. The SMILES string of the molecule is O=C(Nc1nn[nH]n1)c1ccc(CN(C(=O)Cc2csc3ccc(Cl)cc23)c2ccc(C3CCCCC3)cc2)cc1. The average Bonchev–Trinajstić information content (AvgIpc) is 3.66. The largest absolute Gasteiger partial charge is 0.308 e. The highest BCUT2D eigenvalue weighted by Gasteiger charge is 2.21. The van der Waals surface area contributed by atoms with Crippen molar-refractivity contribution in [2.75, 3.05) is 10.2 Å². The van der Waals surface area contributed by atoms with Gasteiger partial charge in [-0.1, -0.05) is 60.2 Å². The molecule has 2 aromatic heterocycles. The summed E-state index contributed by atoms with van der Waals surface area (Å²) < 4.78 is 1.11. The van der Waals surface area contributed by atoms with Crippen LogP contribution in [0.15, 0.2) is 72.1 Å². The minimum atomic E-state index is -0.341. The van der Waals surface area contributed by atoms with Crippen LogP contribution >= 0.6 is 22.9 Å². The van der Waals surface area contributed by atoms with Gasteiger partial charge in [-0.05, 0) is 93.9 Å². The second kappa shape index (κ2) is 12.2. The van der Waals surface area contributed by atoms with Crippen LogP contribution in [-0.2, 0) is 17.8 Å². The molecule has 0 bridgehead atoms. The first-order chi connectivity index (χ1) is 20.0. The van der Waals surface area contributed by atoms with E-state index in [2.05, 4.69) is 50.2 Å². The number of thiophene rings is 1. The third kappa shape index (κ3) is 6.31. The molecule has 5 aromatic rings. The van der Waals surface area contributed by atoms with Gasteiger partial charge < -0.3 is 4.90 Å². The maximum absolute atomic E-state index is 13.9. The highest BCUT2D eigenvalue weighted by Crippen LogP contribution is 2.34. The molecule has 0 radical (unpaired) electrons. The molecule has 1 aliphatic carbocycles. The Bertz CT molecular complexity index is 1640. The summed E-state index contributed by atoms with van der Waals surface area (Å²) in [5, 5.41) is 19.6. The topological polar surface area (TPSA) is 104 Å². The number of nitrogens with zero attached hydrogens (tertiary/aromatic N) is 4. The number of carbonyl (C=O) groups is 2. The highest BCUT2D eigenvalue weighted by atomic mass is 35.5. The van der Waals surface area contributed by atoms with Crippen molar-refractivity contribution in [3.05, 3.63) is 99.4 Å². The molecule has 0 aliphatic heterocycles. The summed E-state index contributed by atoms with van der Waals surface area (Å²) in [4.78, 5) is 28.3. The summed E-state index contributed by atoms with van der Waals surface area (Å²) in [6, 6.07) is 21.5. The summed E-state index contributed by atoms with van der Waals surface area (Å²) in [7, 11) is 0. The molecule has 6 rings (SSSR count). The maximum atomic E-state index is 13.9. The molecule has 1 aliphatic rings. The number of rotatable bonds is 8. The molecular formula is C31H29ClN6O2S. The molecule has 41 heavy (non-hydrogen) atoms. The molecule has 3 aromatic carbocycles. The molecule has 0 saturated heterocycles. The third-order valence-corrected chi connectivity index (χ3v) is 8.91. The normalized spacial score (nSPS) is 13.8. The number of halogens is 1. The van der Waals surface area contributed by atoms with Gasteiger partial charge in [0.15, 0.2) is 0 Å². The number of nitrogens with one attached hydrogen (secondary N) is 2. The summed E-state index contributed by atoms with van der Waals surface area (Å²) >= 11 is 7.89. The minimum Gasteiger partial charge on any atom is -0.308 e. The van der Waals surface area contributed by atoms with Crippen LogP contribution in [0.5, 0.6) is 0 Å². The number of benzene rings is 3. The second-order valence-electron chi connectivity index (χ2n) is 10.4. The van der Waals surface area contributed by atoms with Crippen LogP contribution < -0.4 is 10.2 Å². The quantitative estimate of drug-likeness (QED) is 0.202. The summed E-state index contributed by atoms with van der Waals surface area (Å²) in [5.74, 6) is 0.353. The molecule has 1 saturated carbocycles. The third-order valence-electron chi connectivity index (χ3n) is 7.67. The fourth-order valence-corrected chi connectivity index (χ4v) is 6.58. The number of amides is 2. The zero-order chi connectivity index (χ0) is 28.2. The van der Waals surface area contributed by atoms with Gasteiger partial charge in [-0.15, -0.1) is 16.4 Å². The number of fused-ring (bicyclic) bond motifs is 1. The van der Waals surface area contributed by atoms with E-state index in [1.54, 1.807) is 23.5 Å². The maximum Gasteiger partial charge on any atom is 0.270 e. The fraction of sp³-hybridized carbons (Fsp3) is 0.258. The van der Waals surface area contributed by atoms with Gasteiger partial charge in [0.05, 0.1) is 13.0 Å². The predicted octanol–water partition coefficient (Wildman–Crippen LogP) is 7.14. The lowest BCUT2D eigenvalue weighted by Crippen LogP contribution is -2.31. The Hall–Kier alpha value is -4.08. The molecule has 8 nitrogen and oxygen atoms in total. The Balaban J connectivity index is 1.24. The lowest BCUT2D eigenvalue weighted by Gasteiger charge is -2.25. The average molecular weight is 585 g/mol. The monoisotopic (exact) mass is 584 g/mol. The van der Waals surface area contributed by atoms with E-state index in [0.29, 0.717) is 23.0 Å². The highest BCUT2D eigenvalue weighted by molar-refractivity contribution is 7.17. The molecule has 0 spiro atoms. The number of hydrogen-bond acceptors (Lipinski definition) is 6. The first-order valence-electron chi connectivity index (χ1n) is 13.7. The van der Waals surface area contributed by atoms with Gasteiger partial charge in [-0.3, -0.25) is 14.9 Å². The van der Waals surface area contributed by atoms with Crippen LogP contribution in [0.3, 0.4) is 0 Å². The lowest BCUT2D eigenvalue weighted by molar-refractivity contribution is -0.118. The Morgan fingerprint density at radius 2 is 1.78 bits per heavy atom. The first kappa shape index (κ1) is 27.1. The van der Waals surface area contributed by atoms with Crippen LogP contribution in [0.4, 0.5) is 11.6 Å². The van der Waals surface area contributed by atoms with Gasteiger partial charge in [0, 0.05) is 21.0 Å². The van der Waals surface area contributed by atoms with Crippen molar-refractivity contribution in [2.24, 2.45) is 0 Å². The molecule has 10 heteroatoms. The van der Waals surface area contributed by atoms with Gasteiger partial charge in [0.1, 0.15) is 0 Å². The number of aromatic amines is 1. The van der Waals surface area contributed by atoms with Crippen LogP contribution in [0.25, 0.3) is 10.1 Å². The van der Waals surface area contributed by atoms with Crippen LogP contribution in [-0.4, -0.2) is 32.4 Å². The van der Waals surface area contributed by atoms with Crippen molar-refractivity contribution in [3.63, 3.8) is 0 Å². The minimum absolute atomic E-state index is 0.00554. The number of hydrogen-bond donors (Lipinski definition) is 2. The Morgan fingerprint density at radius 3 is 2.51 bits per heavy atom. The van der Waals surface area contributed by atoms with E-state index in [1.807, 2.05) is 40.6 Å². The van der Waals surface area contributed by atoms with Gasteiger partial charge in [-0.25, -0.2) is 0 Å². The van der Waals surface area contributed by atoms with Gasteiger partial charge in [-0.2, -0.15) is 5.21 Å². The zero-order valence-electron chi connectivity index (χ0n) is 22.3. The lowest BCUT2D eigenvalue weighted by atomic mass is 9.84.